The second kappa shape index (κ2) is 5.42. The minimum Gasteiger partial charge on any atom is -0.506 e. The average molecular weight is 262 g/mol. The van der Waals surface area contributed by atoms with E-state index in [9.17, 15) is 15.2 Å². The molecule has 0 bridgehead atoms. The van der Waals surface area contributed by atoms with Crippen molar-refractivity contribution in [2.45, 2.75) is 4.90 Å². The highest BCUT2D eigenvalue weighted by Gasteiger charge is 2.06. The molecule has 0 aliphatic heterocycles. The van der Waals surface area contributed by atoms with E-state index in [1.807, 2.05) is 0 Å². The van der Waals surface area contributed by atoms with Crippen molar-refractivity contribution in [1.82, 2.24) is 0 Å². The van der Waals surface area contributed by atoms with E-state index >= 15 is 0 Å². The van der Waals surface area contributed by atoms with Crippen LogP contribution in [0.15, 0.2) is 53.4 Å². The zero-order valence-corrected chi connectivity index (χ0v) is 10.1. The Bertz CT molecular complexity index is 575. The lowest BCUT2D eigenvalue weighted by atomic mass is 10.3. The van der Waals surface area contributed by atoms with Crippen LogP contribution < -0.4 is 4.72 Å². The predicted molar refractivity (Wildman–Crippen MR) is 70.7 cm³/mol. The van der Waals surface area contributed by atoms with Crippen LogP contribution in [0.4, 0.5) is 11.4 Å². The molecule has 0 aromatic heterocycles. The number of hydrogen-bond acceptors (Lipinski definition) is 5. The second-order valence-electron chi connectivity index (χ2n) is 3.48. The first kappa shape index (κ1) is 12.3. The fourth-order valence-electron chi connectivity index (χ4n) is 1.33. The van der Waals surface area contributed by atoms with Crippen LogP contribution in [-0.4, -0.2) is 10.0 Å². The summed E-state index contributed by atoms with van der Waals surface area (Å²) in [5.74, 6) is 0.135. The average Bonchev–Trinajstić information content (AvgIpc) is 2.38. The summed E-state index contributed by atoms with van der Waals surface area (Å²) < 4.78 is 2.94. The van der Waals surface area contributed by atoms with Gasteiger partial charge in [-0.1, -0.05) is 18.2 Å². The molecule has 6 heteroatoms. The Balaban J connectivity index is 2.09. The fourth-order valence-corrected chi connectivity index (χ4v) is 2.06. The number of hydrogen-bond donors (Lipinski definition) is 2. The van der Waals surface area contributed by atoms with Gasteiger partial charge in [-0.2, -0.15) is 0 Å². The molecule has 0 fully saturated rings. The van der Waals surface area contributed by atoms with Gasteiger partial charge in [0.05, 0.1) is 10.6 Å². The number of rotatable bonds is 4. The van der Waals surface area contributed by atoms with Crippen LogP contribution in [-0.2, 0) is 0 Å². The van der Waals surface area contributed by atoms with Crippen molar-refractivity contribution in [2.24, 2.45) is 0 Å². The molecule has 0 spiro atoms. The Morgan fingerprint density at radius 2 is 1.94 bits per heavy atom. The van der Waals surface area contributed by atoms with Crippen molar-refractivity contribution >= 4 is 23.3 Å². The number of anilines is 1. The molecule has 2 aromatic rings. The van der Waals surface area contributed by atoms with Crippen molar-refractivity contribution in [1.29, 1.82) is 0 Å². The number of benzene rings is 2. The van der Waals surface area contributed by atoms with Crippen LogP contribution in [0.5, 0.6) is 5.75 Å². The van der Waals surface area contributed by atoms with Gasteiger partial charge in [-0.05, 0) is 30.1 Å². The van der Waals surface area contributed by atoms with Crippen molar-refractivity contribution in [3.63, 3.8) is 0 Å². The van der Waals surface area contributed by atoms with Crippen molar-refractivity contribution in [3.8, 4) is 5.75 Å². The van der Waals surface area contributed by atoms with Gasteiger partial charge in [0.25, 0.3) is 5.69 Å². The summed E-state index contributed by atoms with van der Waals surface area (Å²) in [5.41, 5.74) is 0.605. The highest BCUT2D eigenvalue weighted by molar-refractivity contribution is 8.00. The maximum absolute atomic E-state index is 10.6. The monoisotopic (exact) mass is 262 g/mol. The van der Waals surface area contributed by atoms with E-state index in [1.165, 1.54) is 24.1 Å². The van der Waals surface area contributed by atoms with Gasteiger partial charge in [0, 0.05) is 17.0 Å². The van der Waals surface area contributed by atoms with Crippen LogP contribution in [0.1, 0.15) is 0 Å². The predicted octanol–water partition coefficient (Wildman–Crippen LogP) is 3.42. The van der Waals surface area contributed by atoms with Crippen LogP contribution in [0.2, 0.25) is 0 Å². The topological polar surface area (TPSA) is 75.4 Å². The van der Waals surface area contributed by atoms with E-state index in [1.54, 1.807) is 36.4 Å². The third-order valence-corrected chi connectivity index (χ3v) is 3.02. The molecular weight excluding hydrogens is 252 g/mol. The highest BCUT2D eigenvalue weighted by atomic mass is 32.2. The molecule has 0 saturated carbocycles. The summed E-state index contributed by atoms with van der Waals surface area (Å²) in [6.07, 6.45) is 0. The van der Waals surface area contributed by atoms with E-state index in [0.29, 0.717) is 10.6 Å². The number of nitrogens with zero attached hydrogens (tertiary/aromatic N) is 1. The summed E-state index contributed by atoms with van der Waals surface area (Å²) in [6.45, 7) is 0. The molecule has 0 saturated heterocycles. The second-order valence-corrected chi connectivity index (χ2v) is 4.36. The lowest BCUT2D eigenvalue weighted by Crippen LogP contribution is -1.90. The summed E-state index contributed by atoms with van der Waals surface area (Å²) in [5, 5.41) is 20.2. The first-order valence-corrected chi connectivity index (χ1v) is 5.94. The smallest absolute Gasteiger partial charge is 0.270 e. The first-order chi connectivity index (χ1) is 8.66. The van der Waals surface area contributed by atoms with E-state index in [-0.39, 0.29) is 11.4 Å². The Kier molecular flexibility index (Phi) is 3.69. The molecule has 18 heavy (non-hydrogen) atoms. The summed E-state index contributed by atoms with van der Waals surface area (Å²) in [4.78, 5) is 10.9. The number of phenols is 1. The fraction of sp³-hybridized carbons (Fsp3) is 0. The lowest BCUT2D eigenvalue weighted by Gasteiger charge is -2.06. The number of nitrogens with one attached hydrogen (secondary N) is 1. The normalized spacial score (nSPS) is 10.0. The molecule has 0 unspecified atom stereocenters. The molecule has 2 rings (SSSR count). The molecule has 0 aliphatic rings. The minimum atomic E-state index is -0.440. The van der Waals surface area contributed by atoms with E-state index in [2.05, 4.69) is 4.72 Å². The summed E-state index contributed by atoms with van der Waals surface area (Å²) in [6, 6.07) is 13.1. The number of nitro groups is 1. The van der Waals surface area contributed by atoms with Gasteiger partial charge in [-0.3, -0.25) is 10.1 Å². The van der Waals surface area contributed by atoms with E-state index in [4.69, 9.17) is 0 Å². The maximum Gasteiger partial charge on any atom is 0.270 e. The Hall–Kier alpha value is -2.21. The van der Waals surface area contributed by atoms with Gasteiger partial charge in [-0.25, -0.2) is 0 Å². The number of aromatic hydroxyl groups is 1. The minimum absolute atomic E-state index is 0.0408. The lowest BCUT2D eigenvalue weighted by molar-refractivity contribution is -0.385. The molecule has 92 valence electrons. The van der Waals surface area contributed by atoms with Crippen molar-refractivity contribution in [3.05, 3.63) is 58.6 Å². The molecule has 0 aliphatic carbocycles. The van der Waals surface area contributed by atoms with Gasteiger partial charge in [-0.15, -0.1) is 0 Å². The maximum atomic E-state index is 10.6. The molecule has 0 amide bonds. The van der Waals surface area contributed by atoms with Crippen LogP contribution in [0.25, 0.3) is 0 Å². The van der Waals surface area contributed by atoms with Crippen molar-refractivity contribution in [2.75, 3.05) is 4.72 Å². The molecule has 0 radical (unpaired) electrons. The van der Waals surface area contributed by atoms with Crippen LogP contribution in [0.3, 0.4) is 0 Å². The number of phenolic OH excluding ortho intramolecular Hbond substituents is 1. The van der Waals surface area contributed by atoms with Crippen LogP contribution >= 0.6 is 11.9 Å². The Morgan fingerprint density at radius 3 is 2.67 bits per heavy atom. The van der Waals surface area contributed by atoms with E-state index in [0.717, 1.165) is 0 Å². The van der Waals surface area contributed by atoms with Gasteiger partial charge in [0.15, 0.2) is 0 Å². The largest absolute Gasteiger partial charge is 0.506 e. The SMILES string of the molecule is O=[N+]([O-])c1cccc(SNc2ccccc2O)c1. The van der Waals surface area contributed by atoms with Gasteiger partial charge in [0.1, 0.15) is 5.75 Å². The summed E-state index contributed by atoms with van der Waals surface area (Å²) >= 11 is 1.20. The number of para-hydroxylation sites is 2. The van der Waals surface area contributed by atoms with Gasteiger partial charge in [0.2, 0.25) is 0 Å². The van der Waals surface area contributed by atoms with Gasteiger partial charge < -0.3 is 9.83 Å². The molecule has 5 nitrogen and oxygen atoms in total. The molecule has 2 aromatic carbocycles. The summed E-state index contributed by atoms with van der Waals surface area (Å²) in [7, 11) is 0. The first-order valence-electron chi connectivity index (χ1n) is 5.12. The molecular formula is C12H10N2O3S. The third kappa shape index (κ3) is 2.92. The zero-order valence-electron chi connectivity index (χ0n) is 9.24. The molecule has 2 N–H and O–H groups in total. The molecule has 0 atom stereocenters. The van der Waals surface area contributed by atoms with Crippen LogP contribution in [0, 0.1) is 10.1 Å². The highest BCUT2D eigenvalue weighted by Crippen LogP contribution is 2.29. The Labute approximate surface area is 108 Å². The quantitative estimate of drug-likeness (QED) is 0.382. The molecule has 0 heterocycles. The van der Waals surface area contributed by atoms with E-state index < -0.39 is 4.92 Å². The standard InChI is InChI=1S/C12H10N2O3S/c15-12-7-2-1-6-11(12)13-18-10-5-3-4-9(8-10)14(16)17/h1-8,13,15H. The third-order valence-electron chi connectivity index (χ3n) is 2.21. The Morgan fingerprint density at radius 1 is 1.17 bits per heavy atom. The van der Waals surface area contributed by atoms with Gasteiger partial charge >= 0.3 is 0 Å². The van der Waals surface area contributed by atoms with Crippen molar-refractivity contribution < 1.29 is 10.0 Å². The zero-order chi connectivity index (χ0) is 13.0. The number of nitro benzene ring substituents is 1. The number of non-ortho nitro benzene ring substituents is 1.